The number of amides is 1. The average molecular weight is 525 g/mol. The third-order valence-corrected chi connectivity index (χ3v) is 5.66. The van der Waals surface area contributed by atoms with Crippen LogP contribution < -0.4 is 15.8 Å². The molecule has 1 aromatic carbocycles. The molecule has 3 aromatic heterocycles. The number of anilines is 1. The highest BCUT2D eigenvalue weighted by molar-refractivity contribution is 14.1. The van der Waals surface area contributed by atoms with Gasteiger partial charge in [-0.25, -0.2) is 15.1 Å². The number of carbonyl (C=O) groups is 1. The number of nitrogens with one attached hydrogen (secondary N) is 2. The van der Waals surface area contributed by atoms with E-state index in [0.29, 0.717) is 12.2 Å². The normalized spacial score (nSPS) is 13.6. The van der Waals surface area contributed by atoms with Crippen LogP contribution in [-0.2, 0) is 6.54 Å². The number of aryl methyl sites for hydroxylation is 1. The first-order valence-electron chi connectivity index (χ1n) is 9.82. The third kappa shape index (κ3) is 4.06. The fourth-order valence-electron chi connectivity index (χ4n) is 3.48. The van der Waals surface area contributed by atoms with Gasteiger partial charge < -0.3 is 9.72 Å². The molecule has 0 fully saturated rings. The number of imidazole rings is 1. The molecule has 4 aromatic rings. The maximum absolute atomic E-state index is 12.7. The van der Waals surface area contributed by atoms with E-state index in [1.54, 1.807) is 12.4 Å². The number of halogens is 1. The maximum atomic E-state index is 12.7. The van der Waals surface area contributed by atoms with E-state index in [0.717, 1.165) is 29.1 Å². The lowest BCUT2D eigenvalue weighted by atomic mass is 10.2. The molecule has 0 bridgehead atoms. The van der Waals surface area contributed by atoms with Crippen LogP contribution in [-0.4, -0.2) is 31.6 Å². The molecule has 0 spiro atoms. The van der Waals surface area contributed by atoms with Crippen LogP contribution in [0.4, 0.5) is 5.69 Å². The van der Waals surface area contributed by atoms with Crippen molar-refractivity contribution < 1.29 is 4.79 Å². The summed E-state index contributed by atoms with van der Waals surface area (Å²) in [5.74, 6) is -0.225. The Balaban J connectivity index is 1.31. The summed E-state index contributed by atoms with van der Waals surface area (Å²) in [4.78, 5) is 17.3. The van der Waals surface area contributed by atoms with Crippen molar-refractivity contribution in [1.82, 2.24) is 29.9 Å². The molecule has 0 aliphatic carbocycles. The van der Waals surface area contributed by atoms with Crippen LogP contribution in [0, 0.1) is 6.92 Å². The lowest BCUT2D eigenvalue weighted by Gasteiger charge is -2.16. The number of benzene rings is 1. The Bertz CT molecular complexity index is 1310. The number of hydrogen-bond acceptors (Lipinski definition) is 5. The Morgan fingerprint density at radius 2 is 2.16 bits per heavy atom. The van der Waals surface area contributed by atoms with Crippen LogP contribution in [0.15, 0.2) is 71.0 Å². The molecule has 0 unspecified atom stereocenters. The molecule has 0 saturated carbocycles. The molecule has 8 nitrogen and oxygen atoms in total. The zero-order valence-electron chi connectivity index (χ0n) is 16.8. The summed E-state index contributed by atoms with van der Waals surface area (Å²) in [5, 5.41) is 9.28. The van der Waals surface area contributed by atoms with E-state index in [4.69, 9.17) is 0 Å². The minimum Gasteiger partial charge on any atom is -0.346 e. The fourth-order valence-corrected chi connectivity index (χ4v) is 3.93. The Kier molecular flexibility index (Phi) is 5.20. The molecule has 0 saturated heterocycles. The molecule has 156 valence electrons. The second-order valence-corrected chi connectivity index (χ2v) is 8.73. The lowest BCUT2D eigenvalue weighted by molar-refractivity contribution is 0.0946. The van der Waals surface area contributed by atoms with E-state index in [2.05, 4.69) is 49.5 Å². The van der Waals surface area contributed by atoms with Crippen molar-refractivity contribution in [2.24, 2.45) is 0 Å². The first kappa shape index (κ1) is 19.8. The largest absolute Gasteiger partial charge is 0.346 e. The fraction of sp³-hybridized carbons (Fsp3) is 0.136. The number of carbonyl (C=O) groups excluding carboxylic acids is 1. The molecule has 4 heterocycles. The van der Waals surface area contributed by atoms with E-state index < -0.39 is 0 Å². The molecule has 9 heteroatoms. The number of rotatable bonds is 5. The van der Waals surface area contributed by atoms with Gasteiger partial charge in [0.25, 0.3) is 5.91 Å². The number of fused-ring (bicyclic) bond motifs is 1. The Hall–Kier alpha value is -3.18. The van der Waals surface area contributed by atoms with Crippen molar-refractivity contribution in [3.8, 4) is 5.69 Å². The van der Waals surface area contributed by atoms with Gasteiger partial charge in [0.15, 0.2) is 5.65 Å². The number of pyridine rings is 1. The van der Waals surface area contributed by atoms with Gasteiger partial charge in [0.05, 0.1) is 11.9 Å². The van der Waals surface area contributed by atoms with Crippen LogP contribution in [0.5, 0.6) is 0 Å². The van der Waals surface area contributed by atoms with Gasteiger partial charge in [0.2, 0.25) is 0 Å². The predicted molar refractivity (Wildman–Crippen MR) is 127 cm³/mol. The quantitative estimate of drug-likeness (QED) is 0.391. The van der Waals surface area contributed by atoms with Crippen molar-refractivity contribution in [2.75, 3.05) is 11.6 Å². The smallest absolute Gasteiger partial charge is 0.271 e. The number of aromatic nitrogens is 4. The number of hydrazine groups is 1. The highest BCUT2D eigenvalue weighted by Gasteiger charge is 2.18. The second kappa shape index (κ2) is 8.16. The molecule has 1 amide bonds. The standard InChI is InChI=1S/C22H20IN7O/c1-15-4-2-5-18(8-15)29-12-16(10-25-29)9-24-22(31)19-14-28-7-3-6-20(21(28)27-19)30-13-17(23)11-26-30/h2-8,10,12-14,26H,9,11H2,1H3,(H,24,31). The summed E-state index contributed by atoms with van der Waals surface area (Å²) in [5.41, 5.74) is 8.35. The van der Waals surface area contributed by atoms with E-state index >= 15 is 0 Å². The minimum atomic E-state index is -0.225. The van der Waals surface area contributed by atoms with Crippen LogP contribution >= 0.6 is 22.6 Å². The summed E-state index contributed by atoms with van der Waals surface area (Å²) in [6.07, 6.45) is 9.34. The molecular weight excluding hydrogens is 505 g/mol. The summed E-state index contributed by atoms with van der Waals surface area (Å²) in [7, 11) is 0. The SMILES string of the molecule is Cc1cccc(-n2cc(CNC(=O)c3cn4cccc(N5C=C(I)CN5)c4n3)cn2)c1. The van der Waals surface area contributed by atoms with Crippen molar-refractivity contribution in [2.45, 2.75) is 13.5 Å². The van der Waals surface area contributed by atoms with Gasteiger partial charge in [0.1, 0.15) is 11.4 Å². The van der Waals surface area contributed by atoms with Crippen molar-refractivity contribution in [3.05, 3.63) is 87.8 Å². The molecular formula is C22H20IN7O. The van der Waals surface area contributed by atoms with Gasteiger partial charge in [-0.1, -0.05) is 12.1 Å². The second-order valence-electron chi connectivity index (χ2n) is 7.35. The van der Waals surface area contributed by atoms with Gasteiger partial charge in [-0.3, -0.25) is 9.80 Å². The van der Waals surface area contributed by atoms with Gasteiger partial charge >= 0.3 is 0 Å². The topological polar surface area (TPSA) is 79.5 Å². The minimum absolute atomic E-state index is 0.225. The van der Waals surface area contributed by atoms with Crippen LogP contribution in [0.1, 0.15) is 21.6 Å². The Morgan fingerprint density at radius 1 is 1.26 bits per heavy atom. The number of nitrogens with zero attached hydrogens (tertiary/aromatic N) is 5. The van der Waals surface area contributed by atoms with Gasteiger partial charge in [0, 0.05) is 47.0 Å². The van der Waals surface area contributed by atoms with Crippen LogP contribution in [0.25, 0.3) is 11.3 Å². The molecule has 2 N–H and O–H groups in total. The lowest BCUT2D eigenvalue weighted by Crippen LogP contribution is -2.28. The van der Waals surface area contributed by atoms with Crippen LogP contribution in [0.2, 0.25) is 0 Å². The summed E-state index contributed by atoms with van der Waals surface area (Å²) in [6.45, 7) is 3.21. The number of hydrogen-bond donors (Lipinski definition) is 2. The van der Waals surface area contributed by atoms with Gasteiger partial charge in [-0.05, 0) is 59.3 Å². The first-order chi connectivity index (χ1) is 15.1. The summed E-state index contributed by atoms with van der Waals surface area (Å²) < 4.78 is 4.87. The zero-order chi connectivity index (χ0) is 21.4. The molecule has 31 heavy (non-hydrogen) atoms. The maximum Gasteiger partial charge on any atom is 0.271 e. The van der Waals surface area contributed by atoms with Crippen LogP contribution in [0.3, 0.4) is 0 Å². The molecule has 1 aliphatic rings. The third-order valence-electron chi connectivity index (χ3n) is 5.00. The van der Waals surface area contributed by atoms with Gasteiger partial charge in [-0.15, -0.1) is 0 Å². The monoisotopic (exact) mass is 525 g/mol. The van der Waals surface area contributed by atoms with E-state index in [1.807, 2.05) is 69.9 Å². The molecule has 5 rings (SSSR count). The summed E-state index contributed by atoms with van der Waals surface area (Å²) >= 11 is 2.30. The van der Waals surface area contributed by atoms with Crippen molar-refractivity contribution in [3.63, 3.8) is 0 Å². The highest BCUT2D eigenvalue weighted by Crippen LogP contribution is 2.24. The Morgan fingerprint density at radius 3 is 2.97 bits per heavy atom. The van der Waals surface area contributed by atoms with Crippen molar-refractivity contribution in [1.29, 1.82) is 0 Å². The average Bonchev–Trinajstić information content (AvgIpc) is 3.51. The van der Waals surface area contributed by atoms with Gasteiger partial charge in [-0.2, -0.15) is 5.10 Å². The summed E-state index contributed by atoms with van der Waals surface area (Å²) in [6, 6.07) is 12.0. The molecule has 0 atom stereocenters. The molecule has 0 radical (unpaired) electrons. The predicted octanol–water partition coefficient (Wildman–Crippen LogP) is 3.36. The highest BCUT2D eigenvalue weighted by atomic mass is 127. The van der Waals surface area contributed by atoms with E-state index in [9.17, 15) is 4.79 Å². The molecule has 1 aliphatic heterocycles. The van der Waals surface area contributed by atoms with E-state index in [-0.39, 0.29) is 5.91 Å². The Labute approximate surface area is 192 Å². The zero-order valence-corrected chi connectivity index (χ0v) is 18.9. The van der Waals surface area contributed by atoms with E-state index in [1.165, 1.54) is 9.14 Å². The van der Waals surface area contributed by atoms with Crippen molar-refractivity contribution >= 4 is 39.8 Å². The first-order valence-corrected chi connectivity index (χ1v) is 10.9.